The molecule has 0 N–H and O–H groups in total. The van der Waals surface area contributed by atoms with Crippen LogP contribution in [-0.4, -0.2) is 10.8 Å². The molecule has 0 amide bonds. The van der Waals surface area contributed by atoms with E-state index in [4.69, 9.17) is 0 Å². The van der Waals surface area contributed by atoms with Crippen LogP contribution in [-0.2, 0) is 12.6 Å². The second kappa shape index (κ2) is 5.13. The number of aromatic nitrogens is 1. The minimum absolute atomic E-state index is 0.0763. The predicted molar refractivity (Wildman–Crippen MR) is 66.3 cm³/mol. The molecule has 0 aliphatic rings. The molecular formula is C13H10F3NOS. The molecule has 2 aromatic rings. The number of benzene rings is 1. The van der Waals surface area contributed by atoms with Gasteiger partial charge in [-0.2, -0.15) is 13.2 Å². The van der Waals surface area contributed by atoms with E-state index < -0.39 is 11.7 Å². The molecule has 6 heteroatoms. The number of carbonyl (C=O) groups is 1. The highest BCUT2D eigenvalue weighted by Crippen LogP contribution is 2.29. The third-order valence-electron chi connectivity index (χ3n) is 2.52. The summed E-state index contributed by atoms with van der Waals surface area (Å²) in [5.74, 6) is -0.274. The highest BCUT2D eigenvalue weighted by atomic mass is 32.1. The first kappa shape index (κ1) is 13.7. The summed E-state index contributed by atoms with van der Waals surface area (Å²) >= 11 is 1.34. The van der Waals surface area contributed by atoms with Gasteiger partial charge in [-0.1, -0.05) is 18.2 Å². The number of alkyl halides is 3. The van der Waals surface area contributed by atoms with Gasteiger partial charge in [0.2, 0.25) is 0 Å². The number of Topliss-reactive ketones (excluding diaryl/α,β-unsaturated/α-hetero) is 1. The van der Waals surface area contributed by atoms with E-state index >= 15 is 0 Å². The quantitative estimate of drug-likeness (QED) is 0.801. The summed E-state index contributed by atoms with van der Waals surface area (Å²) in [6.45, 7) is 1.77. The molecule has 0 unspecified atom stereocenters. The van der Waals surface area contributed by atoms with Crippen molar-refractivity contribution in [3.8, 4) is 0 Å². The maximum atomic E-state index is 12.5. The summed E-state index contributed by atoms with van der Waals surface area (Å²) in [6, 6.07) is 4.79. The molecule has 1 aromatic heterocycles. The SMILES string of the molecule is Cc1nc(C(=O)Cc2cccc(C(F)(F)F)c2)cs1. The van der Waals surface area contributed by atoms with Crippen LogP contribution in [0.1, 0.15) is 26.6 Å². The maximum Gasteiger partial charge on any atom is 0.416 e. The van der Waals surface area contributed by atoms with E-state index in [-0.39, 0.29) is 12.2 Å². The minimum Gasteiger partial charge on any atom is -0.292 e. The smallest absolute Gasteiger partial charge is 0.292 e. The van der Waals surface area contributed by atoms with Crippen LogP contribution in [0.4, 0.5) is 13.2 Å². The summed E-state index contributed by atoms with van der Waals surface area (Å²) in [7, 11) is 0. The Morgan fingerprint density at radius 3 is 2.68 bits per heavy atom. The Morgan fingerprint density at radius 2 is 2.11 bits per heavy atom. The zero-order valence-corrected chi connectivity index (χ0v) is 10.8. The highest BCUT2D eigenvalue weighted by Gasteiger charge is 2.30. The van der Waals surface area contributed by atoms with E-state index in [1.54, 1.807) is 12.3 Å². The Kier molecular flexibility index (Phi) is 3.71. The summed E-state index contributed by atoms with van der Waals surface area (Å²) in [5.41, 5.74) is -0.0994. The van der Waals surface area contributed by atoms with E-state index in [9.17, 15) is 18.0 Å². The van der Waals surface area contributed by atoms with Gasteiger partial charge in [0.25, 0.3) is 0 Å². The fourth-order valence-electron chi connectivity index (χ4n) is 1.63. The van der Waals surface area contributed by atoms with Crippen molar-refractivity contribution in [1.82, 2.24) is 4.98 Å². The molecule has 0 fully saturated rings. The van der Waals surface area contributed by atoms with Gasteiger partial charge in [-0.15, -0.1) is 11.3 Å². The average Bonchev–Trinajstić information content (AvgIpc) is 2.75. The van der Waals surface area contributed by atoms with E-state index in [0.717, 1.165) is 17.1 Å². The first-order chi connectivity index (χ1) is 8.86. The Morgan fingerprint density at radius 1 is 1.37 bits per heavy atom. The summed E-state index contributed by atoms with van der Waals surface area (Å²) in [6.07, 6.45) is -4.47. The number of hydrogen-bond donors (Lipinski definition) is 0. The van der Waals surface area contributed by atoms with Crippen molar-refractivity contribution < 1.29 is 18.0 Å². The van der Waals surface area contributed by atoms with Crippen LogP contribution in [0.3, 0.4) is 0 Å². The topological polar surface area (TPSA) is 30.0 Å². The maximum absolute atomic E-state index is 12.5. The first-order valence-corrected chi connectivity index (χ1v) is 6.35. The van der Waals surface area contributed by atoms with Gasteiger partial charge < -0.3 is 0 Å². The highest BCUT2D eigenvalue weighted by molar-refractivity contribution is 7.09. The zero-order chi connectivity index (χ0) is 14.0. The number of ketones is 1. The van der Waals surface area contributed by atoms with Crippen LogP contribution in [0.15, 0.2) is 29.6 Å². The Labute approximate surface area is 111 Å². The second-order valence-electron chi connectivity index (χ2n) is 4.05. The molecule has 0 atom stereocenters. The molecule has 0 saturated carbocycles. The standard InChI is InChI=1S/C13H10F3NOS/c1-8-17-11(7-19-8)12(18)6-9-3-2-4-10(5-9)13(14,15)16/h2-5,7H,6H2,1H3. The largest absolute Gasteiger partial charge is 0.416 e. The van der Waals surface area contributed by atoms with Gasteiger partial charge >= 0.3 is 6.18 Å². The second-order valence-corrected chi connectivity index (χ2v) is 5.11. The van der Waals surface area contributed by atoms with Crippen molar-refractivity contribution in [3.63, 3.8) is 0 Å². The molecule has 2 nitrogen and oxygen atoms in total. The predicted octanol–water partition coefficient (Wildman–Crippen LogP) is 3.90. The van der Waals surface area contributed by atoms with Crippen LogP contribution in [0.25, 0.3) is 0 Å². The fourth-order valence-corrected chi connectivity index (χ4v) is 2.24. The van der Waals surface area contributed by atoms with Crippen molar-refractivity contribution in [1.29, 1.82) is 0 Å². The van der Waals surface area contributed by atoms with E-state index in [0.29, 0.717) is 11.3 Å². The zero-order valence-electron chi connectivity index (χ0n) is 9.99. The number of thiazole rings is 1. The fraction of sp³-hybridized carbons (Fsp3) is 0.231. The Bertz CT molecular complexity index is 604. The van der Waals surface area contributed by atoms with Crippen molar-refractivity contribution in [3.05, 3.63) is 51.5 Å². The molecule has 0 aliphatic heterocycles. The number of hydrogen-bond acceptors (Lipinski definition) is 3. The van der Waals surface area contributed by atoms with Gasteiger partial charge in [0.1, 0.15) is 5.69 Å². The molecule has 1 aromatic carbocycles. The lowest BCUT2D eigenvalue weighted by Gasteiger charge is -2.07. The molecule has 19 heavy (non-hydrogen) atoms. The number of nitrogens with zero attached hydrogens (tertiary/aromatic N) is 1. The monoisotopic (exact) mass is 285 g/mol. The number of rotatable bonds is 3. The lowest BCUT2D eigenvalue weighted by atomic mass is 10.0. The molecule has 0 aliphatic carbocycles. The lowest BCUT2D eigenvalue weighted by Crippen LogP contribution is -2.08. The molecular weight excluding hydrogens is 275 g/mol. The van der Waals surface area contributed by atoms with Crippen molar-refractivity contribution in [2.45, 2.75) is 19.5 Å². The molecule has 0 bridgehead atoms. The molecule has 2 rings (SSSR count). The van der Waals surface area contributed by atoms with Gasteiger partial charge in [0.05, 0.1) is 10.6 Å². The third kappa shape index (κ3) is 3.41. The normalized spacial score (nSPS) is 11.6. The van der Waals surface area contributed by atoms with E-state index in [1.165, 1.54) is 23.5 Å². The summed E-state index contributed by atoms with van der Waals surface area (Å²) in [4.78, 5) is 15.9. The lowest BCUT2D eigenvalue weighted by molar-refractivity contribution is -0.137. The van der Waals surface area contributed by atoms with E-state index in [2.05, 4.69) is 4.98 Å². The van der Waals surface area contributed by atoms with Gasteiger partial charge in [0, 0.05) is 11.8 Å². The molecule has 100 valence electrons. The summed E-state index contributed by atoms with van der Waals surface area (Å²) < 4.78 is 37.6. The minimum atomic E-state index is -4.39. The molecule has 0 saturated heterocycles. The number of carbonyl (C=O) groups excluding carboxylic acids is 1. The van der Waals surface area contributed by atoms with Gasteiger partial charge in [-0.25, -0.2) is 4.98 Å². The van der Waals surface area contributed by atoms with Crippen molar-refractivity contribution >= 4 is 17.1 Å². The van der Waals surface area contributed by atoms with Crippen molar-refractivity contribution in [2.24, 2.45) is 0 Å². The first-order valence-electron chi connectivity index (χ1n) is 5.48. The number of aryl methyl sites for hydroxylation is 1. The molecule has 0 radical (unpaired) electrons. The van der Waals surface area contributed by atoms with Crippen LogP contribution in [0.5, 0.6) is 0 Å². The molecule has 1 heterocycles. The Balaban J connectivity index is 2.18. The van der Waals surface area contributed by atoms with Crippen LogP contribution < -0.4 is 0 Å². The van der Waals surface area contributed by atoms with E-state index in [1.807, 2.05) is 0 Å². The van der Waals surface area contributed by atoms with Crippen molar-refractivity contribution in [2.75, 3.05) is 0 Å². The number of halogens is 3. The Hall–Kier alpha value is -1.69. The molecule has 0 spiro atoms. The van der Waals surface area contributed by atoms with Gasteiger partial charge in [0.15, 0.2) is 5.78 Å². The van der Waals surface area contributed by atoms with Crippen LogP contribution in [0, 0.1) is 6.92 Å². The average molecular weight is 285 g/mol. The van der Waals surface area contributed by atoms with Crippen LogP contribution in [0.2, 0.25) is 0 Å². The third-order valence-corrected chi connectivity index (χ3v) is 3.30. The van der Waals surface area contributed by atoms with Crippen LogP contribution >= 0.6 is 11.3 Å². The van der Waals surface area contributed by atoms with Gasteiger partial charge in [-0.05, 0) is 18.6 Å². The summed E-state index contributed by atoms with van der Waals surface area (Å²) in [5, 5.41) is 2.37. The van der Waals surface area contributed by atoms with Gasteiger partial charge in [-0.3, -0.25) is 4.79 Å².